The first-order valence-electron chi connectivity index (χ1n) is 7.60. The third-order valence-electron chi connectivity index (χ3n) is 4.15. The number of fused-ring (bicyclic) bond motifs is 1. The van der Waals surface area contributed by atoms with Crippen molar-refractivity contribution in [3.8, 4) is 0 Å². The van der Waals surface area contributed by atoms with E-state index in [0.717, 1.165) is 24.7 Å². The number of rotatable bonds is 6. The van der Waals surface area contributed by atoms with E-state index in [9.17, 15) is 0 Å². The van der Waals surface area contributed by atoms with E-state index >= 15 is 0 Å². The van der Waals surface area contributed by atoms with E-state index in [1.54, 1.807) is 0 Å². The van der Waals surface area contributed by atoms with E-state index in [1.807, 2.05) is 6.08 Å². The van der Waals surface area contributed by atoms with Gasteiger partial charge in [0.15, 0.2) is 0 Å². The summed E-state index contributed by atoms with van der Waals surface area (Å²) in [7, 11) is 0. The van der Waals surface area contributed by atoms with Gasteiger partial charge in [-0.05, 0) is 35.8 Å². The Kier molecular flexibility index (Phi) is 3.36. The quantitative estimate of drug-likeness (QED) is 0.704. The first-order valence-corrected chi connectivity index (χ1v) is 7.60. The van der Waals surface area contributed by atoms with E-state index in [4.69, 9.17) is 18.9 Å². The van der Waals surface area contributed by atoms with Crippen molar-refractivity contribution in [1.82, 2.24) is 0 Å². The molecule has 4 aliphatic rings. The summed E-state index contributed by atoms with van der Waals surface area (Å²) in [6.07, 6.45) is 11.3. The Balaban J connectivity index is 1.40. The average Bonchev–Trinajstić information content (AvgIpc) is 3.38. The summed E-state index contributed by atoms with van der Waals surface area (Å²) in [5.41, 5.74) is 1.28. The van der Waals surface area contributed by atoms with Crippen molar-refractivity contribution < 1.29 is 18.9 Å². The molecule has 4 atom stereocenters. The molecule has 0 saturated carbocycles. The average molecular weight is 288 g/mol. The van der Waals surface area contributed by atoms with Crippen LogP contribution in [-0.2, 0) is 18.9 Å². The van der Waals surface area contributed by atoms with Crippen molar-refractivity contribution in [2.45, 2.75) is 19.1 Å². The minimum Gasteiger partial charge on any atom is -0.491 e. The van der Waals surface area contributed by atoms with Gasteiger partial charge in [-0.3, -0.25) is 0 Å². The molecule has 4 heteroatoms. The fraction of sp³-hybridized carbons (Fsp3) is 0.529. The van der Waals surface area contributed by atoms with E-state index in [2.05, 4.69) is 31.2 Å². The Hall–Kier alpha value is -1.52. The van der Waals surface area contributed by atoms with Crippen LogP contribution in [0.25, 0.3) is 0 Å². The molecular formula is C17H20O4. The molecule has 2 fully saturated rings. The SMILES string of the molecule is CC1C=C(OCC2CO2)C=C2C=CC(OCC3CO3)=CC21. The van der Waals surface area contributed by atoms with Crippen molar-refractivity contribution >= 4 is 0 Å². The molecule has 0 aromatic rings. The Morgan fingerprint density at radius 1 is 1.00 bits per heavy atom. The van der Waals surface area contributed by atoms with Crippen LogP contribution >= 0.6 is 0 Å². The molecule has 4 unspecified atom stereocenters. The predicted molar refractivity (Wildman–Crippen MR) is 77.4 cm³/mol. The van der Waals surface area contributed by atoms with Crippen LogP contribution in [0.2, 0.25) is 0 Å². The lowest BCUT2D eigenvalue weighted by Gasteiger charge is -2.28. The van der Waals surface area contributed by atoms with Crippen LogP contribution in [-0.4, -0.2) is 38.6 Å². The summed E-state index contributed by atoms with van der Waals surface area (Å²) in [6.45, 7) is 5.18. The highest BCUT2D eigenvalue weighted by Gasteiger charge is 2.28. The van der Waals surface area contributed by atoms with Crippen LogP contribution in [0.4, 0.5) is 0 Å². The lowest BCUT2D eigenvalue weighted by molar-refractivity contribution is 0.185. The molecule has 0 amide bonds. The smallest absolute Gasteiger partial charge is 0.117 e. The van der Waals surface area contributed by atoms with Crippen LogP contribution in [0.5, 0.6) is 0 Å². The molecule has 0 N–H and O–H groups in total. The van der Waals surface area contributed by atoms with Gasteiger partial charge in [0.1, 0.15) is 36.9 Å². The second kappa shape index (κ2) is 5.35. The molecule has 0 radical (unpaired) electrons. The lowest BCUT2D eigenvalue weighted by atomic mass is 9.80. The Bertz CT molecular complexity index is 535. The highest BCUT2D eigenvalue weighted by atomic mass is 16.6. The molecule has 0 aromatic carbocycles. The standard InChI is InChI=1S/C17H20O4/c1-11-4-14(19-8-16-10-21-16)5-12-2-3-13(6-17(11)12)18-7-15-9-20-15/h2-6,11,15-17H,7-10H2,1H3. The van der Waals surface area contributed by atoms with Gasteiger partial charge in [0.2, 0.25) is 0 Å². The molecule has 0 aromatic heterocycles. The van der Waals surface area contributed by atoms with Gasteiger partial charge in [0.25, 0.3) is 0 Å². The molecule has 0 spiro atoms. The summed E-state index contributed by atoms with van der Waals surface area (Å²) in [6, 6.07) is 0. The van der Waals surface area contributed by atoms with Crippen molar-refractivity contribution in [2.75, 3.05) is 26.4 Å². The Morgan fingerprint density at radius 3 is 2.33 bits per heavy atom. The summed E-state index contributed by atoms with van der Waals surface area (Å²) in [5.74, 6) is 2.68. The number of ether oxygens (including phenoxy) is 4. The third-order valence-corrected chi connectivity index (χ3v) is 4.15. The molecule has 0 bridgehead atoms. The summed E-state index contributed by atoms with van der Waals surface area (Å²) in [5, 5.41) is 0. The van der Waals surface area contributed by atoms with E-state index in [0.29, 0.717) is 37.3 Å². The van der Waals surface area contributed by atoms with Gasteiger partial charge in [-0.15, -0.1) is 0 Å². The first-order chi connectivity index (χ1) is 10.3. The fourth-order valence-corrected chi connectivity index (χ4v) is 2.69. The largest absolute Gasteiger partial charge is 0.491 e. The highest BCUT2D eigenvalue weighted by Crippen LogP contribution is 2.35. The molecule has 112 valence electrons. The molecular weight excluding hydrogens is 268 g/mol. The van der Waals surface area contributed by atoms with Gasteiger partial charge in [-0.2, -0.15) is 0 Å². The molecule has 2 aliphatic heterocycles. The van der Waals surface area contributed by atoms with Gasteiger partial charge in [0.05, 0.1) is 13.2 Å². The monoisotopic (exact) mass is 288 g/mol. The van der Waals surface area contributed by atoms with Crippen molar-refractivity contribution in [1.29, 1.82) is 0 Å². The second-order valence-corrected chi connectivity index (χ2v) is 6.03. The maximum absolute atomic E-state index is 5.80. The summed E-state index contributed by atoms with van der Waals surface area (Å²) < 4.78 is 21.9. The first kappa shape index (κ1) is 13.2. The molecule has 4 rings (SSSR count). The van der Waals surface area contributed by atoms with Crippen LogP contribution in [0, 0.1) is 11.8 Å². The van der Waals surface area contributed by atoms with Crippen molar-refractivity contribution in [3.05, 3.63) is 47.5 Å². The number of hydrogen-bond donors (Lipinski definition) is 0. The topological polar surface area (TPSA) is 43.5 Å². The Labute approximate surface area is 124 Å². The summed E-state index contributed by atoms with van der Waals surface area (Å²) >= 11 is 0. The van der Waals surface area contributed by atoms with E-state index in [-0.39, 0.29) is 0 Å². The minimum absolute atomic E-state index is 0.295. The molecule has 4 nitrogen and oxygen atoms in total. The zero-order valence-corrected chi connectivity index (χ0v) is 12.2. The fourth-order valence-electron chi connectivity index (χ4n) is 2.69. The second-order valence-electron chi connectivity index (χ2n) is 6.03. The van der Waals surface area contributed by atoms with Crippen molar-refractivity contribution in [2.24, 2.45) is 11.8 Å². The van der Waals surface area contributed by atoms with Gasteiger partial charge < -0.3 is 18.9 Å². The maximum atomic E-state index is 5.80. The molecule has 21 heavy (non-hydrogen) atoms. The van der Waals surface area contributed by atoms with Crippen LogP contribution < -0.4 is 0 Å². The normalized spacial score (nSPS) is 36.1. The van der Waals surface area contributed by atoms with E-state index < -0.39 is 0 Å². The highest BCUT2D eigenvalue weighted by molar-refractivity contribution is 5.43. The lowest BCUT2D eigenvalue weighted by Crippen LogP contribution is -2.18. The molecule has 2 saturated heterocycles. The zero-order valence-electron chi connectivity index (χ0n) is 12.2. The van der Waals surface area contributed by atoms with Crippen LogP contribution in [0.3, 0.4) is 0 Å². The minimum atomic E-state index is 0.295. The molecule has 2 aliphatic carbocycles. The van der Waals surface area contributed by atoms with Gasteiger partial charge in [-0.25, -0.2) is 0 Å². The number of hydrogen-bond acceptors (Lipinski definition) is 4. The third kappa shape index (κ3) is 3.22. The van der Waals surface area contributed by atoms with Crippen LogP contribution in [0.15, 0.2) is 47.5 Å². The van der Waals surface area contributed by atoms with Gasteiger partial charge in [-0.1, -0.05) is 13.0 Å². The van der Waals surface area contributed by atoms with Gasteiger partial charge >= 0.3 is 0 Å². The summed E-state index contributed by atoms with van der Waals surface area (Å²) in [4.78, 5) is 0. The van der Waals surface area contributed by atoms with Crippen molar-refractivity contribution in [3.63, 3.8) is 0 Å². The zero-order chi connectivity index (χ0) is 14.2. The number of allylic oxidation sites excluding steroid dienone is 6. The van der Waals surface area contributed by atoms with Crippen LogP contribution in [0.1, 0.15) is 6.92 Å². The van der Waals surface area contributed by atoms with Gasteiger partial charge in [0, 0.05) is 5.92 Å². The number of epoxide rings is 2. The predicted octanol–water partition coefficient (Wildman–Crippen LogP) is 2.35. The molecule has 2 heterocycles. The Morgan fingerprint density at radius 2 is 1.67 bits per heavy atom. The maximum Gasteiger partial charge on any atom is 0.117 e. The van der Waals surface area contributed by atoms with E-state index in [1.165, 1.54) is 5.57 Å².